The number of morpholine rings is 2. The van der Waals surface area contributed by atoms with E-state index in [-0.39, 0.29) is 34.2 Å². The molecule has 4 rings (SSSR count). The van der Waals surface area contributed by atoms with Crippen molar-refractivity contribution in [3.63, 3.8) is 0 Å². The Morgan fingerprint density at radius 1 is 0.600 bits per heavy atom. The predicted molar refractivity (Wildman–Crippen MR) is 130 cm³/mol. The van der Waals surface area contributed by atoms with Crippen LogP contribution in [-0.4, -0.2) is 76.0 Å². The van der Waals surface area contributed by atoms with E-state index in [9.17, 15) is 16.8 Å². The zero-order valence-electron chi connectivity index (χ0n) is 20.3. The van der Waals surface area contributed by atoms with E-state index in [2.05, 4.69) is 0 Å². The molecule has 0 aromatic heterocycles. The van der Waals surface area contributed by atoms with Crippen molar-refractivity contribution >= 4 is 20.0 Å². The van der Waals surface area contributed by atoms with Gasteiger partial charge >= 0.3 is 0 Å². The number of hydrogen-bond donors (Lipinski definition) is 0. The number of rotatable bonds is 6. The summed E-state index contributed by atoms with van der Waals surface area (Å²) in [4.78, 5) is 0.364. The molecule has 0 amide bonds. The van der Waals surface area contributed by atoms with Crippen LogP contribution in [0.5, 0.6) is 11.5 Å². The van der Waals surface area contributed by atoms with Crippen LogP contribution in [0.1, 0.15) is 27.7 Å². The molecule has 0 saturated carbocycles. The normalized spacial score (nSPS) is 27.0. The lowest BCUT2D eigenvalue weighted by Gasteiger charge is -2.34. The van der Waals surface area contributed by atoms with Crippen molar-refractivity contribution in [2.75, 3.05) is 26.2 Å². The summed E-state index contributed by atoms with van der Waals surface area (Å²) < 4.78 is 72.0. The fourth-order valence-corrected chi connectivity index (χ4v) is 7.63. The molecule has 2 saturated heterocycles. The third kappa shape index (κ3) is 5.87. The number of ether oxygens (including phenoxy) is 3. The topological polar surface area (TPSA) is 102 Å². The highest BCUT2D eigenvalue weighted by atomic mass is 32.2. The van der Waals surface area contributed by atoms with Crippen LogP contribution in [0.15, 0.2) is 58.3 Å². The van der Waals surface area contributed by atoms with E-state index in [1.54, 1.807) is 24.3 Å². The minimum absolute atomic E-state index is 0.169. The molecule has 2 aromatic carbocycles. The highest BCUT2D eigenvalue weighted by molar-refractivity contribution is 7.89. The first-order chi connectivity index (χ1) is 16.4. The average molecular weight is 525 g/mol. The van der Waals surface area contributed by atoms with E-state index >= 15 is 0 Å². The molecule has 4 atom stereocenters. The van der Waals surface area contributed by atoms with Gasteiger partial charge in [0, 0.05) is 26.2 Å². The summed E-state index contributed by atoms with van der Waals surface area (Å²) in [6.45, 7) is 8.65. The summed E-state index contributed by atoms with van der Waals surface area (Å²) in [5.41, 5.74) is 0. The SMILES string of the molecule is C[C@@H]1CN(S(=O)(=O)c2ccc(Oc3ccc(S(=O)(=O)N4C[C@H](C)O[C@@H](C)C4)cc3)cc2)C[C@@H](C)O1. The third-order valence-corrected chi connectivity index (χ3v) is 9.62. The lowest BCUT2D eigenvalue weighted by atomic mass is 10.3. The first-order valence-corrected chi connectivity index (χ1v) is 14.5. The maximum absolute atomic E-state index is 13.0. The summed E-state index contributed by atoms with van der Waals surface area (Å²) in [7, 11) is -7.28. The summed E-state index contributed by atoms with van der Waals surface area (Å²) in [5.74, 6) is 0.887. The van der Waals surface area contributed by atoms with Gasteiger partial charge in [-0.25, -0.2) is 16.8 Å². The quantitative estimate of drug-likeness (QED) is 0.572. The Balaban J connectivity index is 1.44. The molecular weight excluding hydrogens is 492 g/mol. The van der Waals surface area contributed by atoms with Crippen LogP contribution in [0.4, 0.5) is 0 Å². The Bertz CT molecular complexity index is 1110. The average Bonchev–Trinajstić information content (AvgIpc) is 2.78. The molecule has 11 heteroatoms. The maximum Gasteiger partial charge on any atom is 0.243 e. The minimum Gasteiger partial charge on any atom is -0.457 e. The van der Waals surface area contributed by atoms with E-state index in [1.807, 2.05) is 27.7 Å². The van der Waals surface area contributed by atoms with Gasteiger partial charge in [0.1, 0.15) is 11.5 Å². The molecule has 0 unspecified atom stereocenters. The Labute approximate surface area is 207 Å². The van der Waals surface area contributed by atoms with E-state index < -0.39 is 20.0 Å². The first-order valence-electron chi connectivity index (χ1n) is 11.6. The number of benzene rings is 2. The summed E-state index contributed by atoms with van der Waals surface area (Å²) in [6, 6.07) is 12.4. The monoisotopic (exact) mass is 524 g/mol. The molecule has 35 heavy (non-hydrogen) atoms. The van der Waals surface area contributed by atoms with Crippen LogP contribution in [0.2, 0.25) is 0 Å². The van der Waals surface area contributed by atoms with Crippen molar-refractivity contribution < 1.29 is 31.0 Å². The second-order valence-electron chi connectivity index (χ2n) is 9.20. The second-order valence-corrected chi connectivity index (χ2v) is 13.1. The van der Waals surface area contributed by atoms with Gasteiger partial charge in [0.25, 0.3) is 0 Å². The van der Waals surface area contributed by atoms with Gasteiger partial charge in [-0.3, -0.25) is 0 Å². The predicted octanol–water partition coefficient (Wildman–Crippen LogP) is 3.07. The largest absolute Gasteiger partial charge is 0.457 e. The highest BCUT2D eigenvalue weighted by Crippen LogP contribution is 2.28. The molecule has 0 aliphatic carbocycles. The van der Waals surface area contributed by atoms with Crippen molar-refractivity contribution in [3.05, 3.63) is 48.5 Å². The standard InChI is InChI=1S/C24H32N2O7S2/c1-17-13-25(14-18(2)31-17)34(27,28)23-9-5-21(6-10-23)33-22-7-11-24(12-8-22)35(29,30)26-15-19(3)32-20(4)16-26/h5-12,17-20H,13-16H2,1-4H3/t17-,18-,19+,20+. The fraction of sp³-hybridized carbons (Fsp3) is 0.500. The van der Waals surface area contributed by atoms with Crippen LogP contribution in [0, 0.1) is 0 Å². The van der Waals surface area contributed by atoms with Crippen LogP contribution in [-0.2, 0) is 29.5 Å². The van der Waals surface area contributed by atoms with Crippen LogP contribution in [0.25, 0.3) is 0 Å². The van der Waals surface area contributed by atoms with Gasteiger partial charge < -0.3 is 14.2 Å². The van der Waals surface area contributed by atoms with Crippen molar-refractivity contribution in [2.45, 2.75) is 61.9 Å². The summed E-state index contributed by atoms with van der Waals surface area (Å²) in [5, 5.41) is 0. The van der Waals surface area contributed by atoms with Crippen molar-refractivity contribution in [1.82, 2.24) is 8.61 Å². The van der Waals surface area contributed by atoms with Gasteiger partial charge in [0.2, 0.25) is 20.0 Å². The minimum atomic E-state index is -3.64. The molecule has 192 valence electrons. The molecule has 2 heterocycles. The molecule has 2 fully saturated rings. The number of nitrogens with zero attached hydrogens (tertiary/aromatic N) is 2. The molecule has 2 aromatic rings. The third-order valence-electron chi connectivity index (χ3n) is 5.93. The number of sulfonamides is 2. The lowest BCUT2D eigenvalue weighted by molar-refractivity contribution is -0.0442. The van der Waals surface area contributed by atoms with Crippen LogP contribution >= 0.6 is 0 Å². The zero-order chi connectivity index (χ0) is 25.4. The van der Waals surface area contributed by atoms with Gasteiger partial charge in [-0.15, -0.1) is 0 Å². The summed E-state index contributed by atoms with van der Waals surface area (Å²) >= 11 is 0. The summed E-state index contributed by atoms with van der Waals surface area (Å²) in [6.07, 6.45) is -0.674. The van der Waals surface area contributed by atoms with Gasteiger partial charge in [-0.05, 0) is 76.2 Å². The second kappa shape index (κ2) is 10.2. The Morgan fingerprint density at radius 3 is 1.17 bits per heavy atom. The molecule has 0 bridgehead atoms. The van der Waals surface area contributed by atoms with E-state index in [0.717, 1.165) is 0 Å². The highest BCUT2D eigenvalue weighted by Gasteiger charge is 2.33. The molecule has 0 radical (unpaired) electrons. The Hall–Kier alpha value is -2.02. The van der Waals surface area contributed by atoms with Crippen molar-refractivity contribution in [2.24, 2.45) is 0 Å². The van der Waals surface area contributed by atoms with Crippen LogP contribution in [0.3, 0.4) is 0 Å². The maximum atomic E-state index is 13.0. The van der Waals surface area contributed by atoms with Gasteiger partial charge in [0.15, 0.2) is 0 Å². The Kier molecular flexibility index (Phi) is 7.56. The molecule has 2 aliphatic heterocycles. The van der Waals surface area contributed by atoms with E-state index in [1.165, 1.54) is 32.9 Å². The molecule has 2 aliphatic rings. The van der Waals surface area contributed by atoms with E-state index in [4.69, 9.17) is 14.2 Å². The molecular formula is C24H32N2O7S2. The zero-order valence-corrected chi connectivity index (χ0v) is 22.0. The van der Waals surface area contributed by atoms with Crippen LogP contribution < -0.4 is 4.74 Å². The fourth-order valence-electron chi connectivity index (χ4n) is 4.45. The molecule has 9 nitrogen and oxygen atoms in total. The smallest absolute Gasteiger partial charge is 0.243 e. The van der Waals surface area contributed by atoms with Gasteiger partial charge in [-0.1, -0.05) is 0 Å². The van der Waals surface area contributed by atoms with Gasteiger partial charge in [-0.2, -0.15) is 8.61 Å². The molecule has 0 spiro atoms. The van der Waals surface area contributed by atoms with Gasteiger partial charge in [0.05, 0.1) is 34.2 Å². The first kappa shape index (κ1) is 26.1. The molecule has 0 N–H and O–H groups in total. The Morgan fingerprint density at radius 2 is 0.886 bits per heavy atom. The van der Waals surface area contributed by atoms with Crippen molar-refractivity contribution in [3.8, 4) is 11.5 Å². The van der Waals surface area contributed by atoms with Crippen molar-refractivity contribution in [1.29, 1.82) is 0 Å². The number of hydrogen-bond acceptors (Lipinski definition) is 7. The lowest BCUT2D eigenvalue weighted by Crippen LogP contribution is -2.48. The van der Waals surface area contributed by atoms with E-state index in [0.29, 0.717) is 37.7 Å².